The van der Waals surface area contributed by atoms with Gasteiger partial charge < -0.3 is 15.2 Å². The Labute approximate surface area is 118 Å². The number of carboxylic acids is 1. The summed E-state index contributed by atoms with van der Waals surface area (Å²) in [4.78, 5) is 21.0. The minimum absolute atomic E-state index is 0.00982. The molecular formula is C12H10ClN3O4. The molecule has 7 nitrogen and oxygen atoms in total. The van der Waals surface area contributed by atoms with Gasteiger partial charge in [0, 0.05) is 0 Å². The topological polar surface area (TPSA) is 98.3 Å². The number of rotatable bonds is 4. The molecule has 0 amide bonds. The van der Waals surface area contributed by atoms with Gasteiger partial charge in [-0.05, 0) is 29.5 Å². The van der Waals surface area contributed by atoms with E-state index in [0.29, 0.717) is 11.3 Å². The summed E-state index contributed by atoms with van der Waals surface area (Å²) in [6.45, 7) is 1.82. The van der Waals surface area contributed by atoms with Crippen molar-refractivity contribution in [2.45, 2.75) is 13.5 Å². The quantitative estimate of drug-likeness (QED) is 0.690. The fourth-order valence-corrected chi connectivity index (χ4v) is 1.96. The van der Waals surface area contributed by atoms with Crippen LogP contribution in [0.4, 0.5) is 5.82 Å². The minimum Gasteiger partial charge on any atom is -0.478 e. The van der Waals surface area contributed by atoms with Gasteiger partial charge >= 0.3 is 11.8 Å². The Morgan fingerprint density at radius 1 is 1.55 bits per heavy atom. The van der Waals surface area contributed by atoms with Gasteiger partial charge in [-0.25, -0.2) is 4.79 Å². The molecule has 0 fully saturated rings. The predicted octanol–water partition coefficient (Wildman–Crippen LogP) is 2.50. The Bertz CT molecular complexity index is 696. The third-order valence-electron chi connectivity index (χ3n) is 2.80. The number of carbonyl (C=O) groups is 1. The van der Waals surface area contributed by atoms with Crippen LogP contribution in [0.5, 0.6) is 0 Å². The Hall–Kier alpha value is -2.41. The standard InChI is InChI=1S/C12H10ClN3O4/c1-7-10(13)11(16(19)20)14-15(7)6-8-3-2-4-9(5-8)12(17)18/h2-5H,6H2,1H3,(H,17,18). The van der Waals surface area contributed by atoms with Crippen molar-refractivity contribution in [1.29, 1.82) is 0 Å². The highest BCUT2D eigenvalue weighted by atomic mass is 35.5. The van der Waals surface area contributed by atoms with Crippen LogP contribution in [0, 0.1) is 17.0 Å². The molecule has 0 bridgehead atoms. The predicted molar refractivity (Wildman–Crippen MR) is 71.1 cm³/mol. The number of hydrogen-bond donors (Lipinski definition) is 1. The summed E-state index contributed by atoms with van der Waals surface area (Å²) < 4.78 is 1.38. The van der Waals surface area contributed by atoms with Crippen LogP contribution in [0.3, 0.4) is 0 Å². The Balaban J connectivity index is 2.35. The van der Waals surface area contributed by atoms with Gasteiger partial charge in [-0.3, -0.25) is 0 Å². The van der Waals surface area contributed by atoms with Crippen LogP contribution in [0.25, 0.3) is 0 Å². The first kappa shape index (κ1) is 14.0. The van der Waals surface area contributed by atoms with Crippen LogP contribution in [0.2, 0.25) is 5.02 Å². The van der Waals surface area contributed by atoms with E-state index in [4.69, 9.17) is 16.7 Å². The van der Waals surface area contributed by atoms with Crippen molar-refractivity contribution in [1.82, 2.24) is 9.78 Å². The number of aromatic nitrogens is 2. The molecule has 0 aliphatic carbocycles. The number of carboxylic acid groups (broad SMARTS) is 1. The van der Waals surface area contributed by atoms with E-state index in [1.807, 2.05) is 0 Å². The van der Waals surface area contributed by atoms with Crippen molar-refractivity contribution in [3.63, 3.8) is 0 Å². The van der Waals surface area contributed by atoms with Crippen molar-refractivity contribution >= 4 is 23.4 Å². The number of nitrogens with zero attached hydrogens (tertiary/aromatic N) is 3. The van der Waals surface area contributed by atoms with Crippen LogP contribution >= 0.6 is 11.6 Å². The minimum atomic E-state index is -1.03. The van der Waals surface area contributed by atoms with Crippen molar-refractivity contribution in [2.24, 2.45) is 0 Å². The Morgan fingerprint density at radius 3 is 2.80 bits per heavy atom. The lowest BCUT2D eigenvalue weighted by Crippen LogP contribution is -2.05. The summed E-state index contributed by atoms with van der Waals surface area (Å²) in [5.74, 6) is -1.44. The molecule has 20 heavy (non-hydrogen) atoms. The number of benzene rings is 1. The molecule has 8 heteroatoms. The fraction of sp³-hybridized carbons (Fsp3) is 0.167. The second-order valence-corrected chi connectivity index (χ2v) is 4.52. The summed E-state index contributed by atoms with van der Waals surface area (Å²) in [5, 5.41) is 23.5. The number of hydrogen-bond acceptors (Lipinski definition) is 4. The van der Waals surface area contributed by atoms with Crippen molar-refractivity contribution in [3.05, 3.63) is 56.2 Å². The SMILES string of the molecule is Cc1c(Cl)c([N+](=O)[O-])nn1Cc1cccc(C(=O)O)c1. The molecule has 2 rings (SSSR count). The average molecular weight is 296 g/mol. The van der Waals surface area contributed by atoms with Gasteiger partial charge in [-0.2, -0.15) is 4.68 Å². The lowest BCUT2D eigenvalue weighted by molar-refractivity contribution is -0.389. The van der Waals surface area contributed by atoms with Gasteiger partial charge in [0.2, 0.25) is 0 Å². The molecule has 0 atom stereocenters. The molecular weight excluding hydrogens is 286 g/mol. The van der Waals surface area contributed by atoms with E-state index >= 15 is 0 Å². The van der Waals surface area contributed by atoms with Crippen LogP contribution in [-0.2, 0) is 6.54 Å². The molecule has 1 N–H and O–H groups in total. The zero-order valence-electron chi connectivity index (χ0n) is 10.4. The molecule has 2 aromatic rings. The van der Waals surface area contributed by atoms with Crippen LogP contribution < -0.4 is 0 Å². The Morgan fingerprint density at radius 2 is 2.25 bits per heavy atom. The first-order chi connectivity index (χ1) is 9.40. The molecule has 104 valence electrons. The summed E-state index contributed by atoms with van der Waals surface area (Å²) >= 11 is 5.84. The maximum absolute atomic E-state index is 10.9. The average Bonchev–Trinajstić information content (AvgIpc) is 2.67. The highest BCUT2D eigenvalue weighted by Crippen LogP contribution is 2.26. The number of nitro groups is 1. The molecule has 0 radical (unpaired) electrons. The van der Waals surface area contributed by atoms with Gasteiger partial charge in [0.05, 0.1) is 22.9 Å². The lowest BCUT2D eigenvalue weighted by atomic mass is 10.1. The first-order valence-electron chi connectivity index (χ1n) is 5.59. The molecule has 0 aliphatic heterocycles. The highest BCUT2D eigenvalue weighted by Gasteiger charge is 2.23. The molecule has 1 aromatic carbocycles. The summed E-state index contributed by atoms with van der Waals surface area (Å²) in [7, 11) is 0. The van der Waals surface area contributed by atoms with E-state index in [1.54, 1.807) is 19.1 Å². The molecule has 1 heterocycles. The zero-order chi connectivity index (χ0) is 14.9. The van der Waals surface area contributed by atoms with E-state index < -0.39 is 16.7 Å². The normalized spacial score (nSPS) is 10.5. The molecule has 0 saturated heterocycles. The van der Waals surface area contributed by atoms with E-state index in [9.17, 15) is 14.9 Å². The molecule has 0 unspecified atom stereocenters. The van der Waals surface area contributed by atoms with Crippen LogP contribution in [0.15, 0.2) is 24.3 Å². The molecule has 0 spiro atoms. The van der Waals surface area contributed by atoms with Gasteiger partial charge in [-0.15, -0.1) is 0 Å². The molecule has 1 aromatic heterocycles. The Kier molecular flexibility index (Phi) is 3.71. The van der Waals surface area contributed by atoms with Gasteiger partial charge in [0.15, 0.2) is 5.02 Å². The van der Waals surface area contributed by atoms with Gasteiger partial charge in [0.25, 0.3) is 0 Å². The lowest BCUT2D eigenvalue weighted by Gasteiger charge is -2.02. The van der Waals surface area contributed by atoms with E-state index in [2.05, 4.69) is 5.10 Å². The molecule has 0 saturated carbocycles. The zero-order valence-corrected chi connectivity index (χ0v) is 11.2. The van der Waals surface area contributed by atoms with Crippen LogP contribution in [-0.4, -0.2) is 25.8 Å². The van der Waals surface area contributed by atoms with Crippen molar-refractivity contribution < 1.29 is 14.8 Å². The first-order valence-corrected chi connectivity index (χ1v) is 5.97. The highest BCUT2D eigenvalue weighted by molar-refractivity contribution is 6.33. The van der Waals surface area contributed by atoms with Gasteiger partial charge in [0.1, 0.15) is 0 Å². The smallest absolute Gasteiger partial charge is 0.408 e. The van der Waals surface area contributed by atoms with Crippen molar-refractivity contribution in [3.8, 4) is 0 Å². The number of halogens is 1. The summed E-state index contributed by atoms with van der Waals surface area (Å²) in [6.07, 6.45) is 0. The van der Waals surface area contributed by atoms with Crippen molar-refractivity contribution in [2.75, 3.05) is 0 Å². The largest absolute Gasteiger partial charge is 0.478 e. The van der Waals surface area contributed by atoms with E-state index in [-0.39, 0.29) is 17.1 Å². The third kappa shape index (κ3) is 2.62. The van der Waals surface area contributed by atoms with E-state index in [0.717, 1.165) is 0 Å². The maximum Gasteiger partial charge on any atom is 0.408 e. The van der Waals surface area contributed by atoms with Gasteiger partial charge in [-0.1, -0.05) is 23.7 Å². The second-order valence-electron chi connectivity index (χ2n) is 4.14. The number of aromatic carboxylic acids is 1. The fourth-order valence-electron chi connectivity index (χ4n) is 1.75. The molecule has 0 aliphatic rings. The van der Waals surface area contributed by atoms with E-state index in [1.165, 1.54) is 16.8 Å². The maximum atomic E-state index is 10.9. The second kappa shape index (κ2) is 5.30. The third-order valence-corrected chi connectivity index (χ3v) is 3.24. The summed E-state index contributed by atoms with van der Waals surface area (Å²) in [6, 6.07) is 6.28. The monoisotopic (exact) mass is 295 g/mol. The summed E-state index contributed by atoms with van der Waals surface area (Å²) in [5.41, 5.74) is 1.27. The van der Waals surface area contributed by atoms with Crippen LogP contribution in [0.1, 0.15) is 21.6 Å².